The molecule has 3 N–H and O–H groups in total. The van der Waals surface area contributed by atoms with Gasteiger partial charge in [0.2, 0.25) is 0 Å². The fourth-order valence-electron chi connectivity index (χ4n) is 5.87. The van der Waals surface area contributed by atoms with Crippen molar-refractivity contribution in [1.29, 1.82) is 0 Å². The monoisotopic (exact) mass is 463 g/mol. The highest BCUT2D eigenvalue weighted by atomic mass is 19.1. The van der Waals surface area contributed by atoms with Crippen molar-refractivity contribution in [2.45, 2.75) is 31.7 Å². The average molecular weight is 464 g/mol. The maximum atomic E-state index is 14.0. The van der Waals surface area contributed by atoms with Crippen LogP contribution >= 0.6 is 0 Å². The van der Waals surface area contributed by atoms with Crippen molar-refractivity contribution in [3.63, 3.8) is 0 Å². The van der Waals surface area contributed by atoms with Crippen LogP contribution in [0.2, 0.25) is 0 Å². The molecule has 7 rings (SSSR count). The molecular formula is C24H26FN7O2. The van der Waals surface area contributed by atoms with Gasteiger partial charge in [0, 0.05) is 37.3 Å². The number of H-pyrrole nitrogens is 1. The number of fused-ring (bicyclic) bond motifs is 5. The molecule has 4 aromatic rings. The molecule has 0 spiro atoms. The SMILES string of the molecule is CN(C)c1ccc2c(NC3C4CCC(CC4)[C@@H]3C(=O)O)nc(-c3c[nH]c4ncc(F)cc34)nn12. The number of nitrogens with zero attached hydrogens (tertiary/aromatic N) is 5. The second-order valence-electron chi connectivity index (χ2n) is 9.63. The molecule has 2 atom stereocenters. The summed E-state index contributed by atoms with van der Waals surface area (Å²) in [6.45, 7) is 0. The van der Waals surface area contributed by atoms with E-state index in [1.165, 1.54) is 12.3 Å². The van der Waals surface area contributed by atoms with Crippen LogP contribution in [0.3, 0.4) is 0 Å². The maximum absolute atomic E-state index is 14.0. The Bertz CT molecular complexity index is 1400. The van der Waals surface area contributed by atoms with Crippen molar-refractivity contribution in [3.8, 4) is 11.4 Å². The Balaban J connectivity index is 1.51. The highest BCUT2D eigenvalue weighted by molar-refractivity contribution is 5.92. The van der Waals surface area contributed by atoms with Crippen LogP contribution in [-0.4, -0.2) is 55.8 Å². The summed E-state index contributed by atoms with van der Waals surface area (Å²) in [6.07, 6.45) is 6.88. The van der Waals surface area contributed by atoms with Gasteiger partial charge in [-0.2, -0.15) is 0 Å². The summed E-state index contributed by atoms with van der Waals surface area (Å²) in [5, 5.41) is 18.9. The van der Waals surface area contributed by atoms with E-state index in [1.807, 2.05) is 31.1 Å². The van der Waals surface area contributed by atoms with Gasteiger partial charge in [-0.15, -0.1) is 5.10 Å². The van der Waals surface area contributed by atoms with Gasteiger partial charge in [-0.1, -0.05) is 0 Å². The van der Waals surface area contributed by atoms with E-state index in [0.717, 1.165) is 37.0 Å². The summed E-state index contributed by atoms with van der Waals surface area (Å²) < 4.78 is 15.8. The van der Waals surface area contributed by atoms with Crippen LogP contribution in [0.5, 0.6) is 0 Å². The summed E-state index contributed by atoms with van der Waals surface area (Å²) in [7, 11) is 3.87. The topological polar surface area (TPSA) is 111 Å². The number of hydrogen-bond acceptors (Lipinski definition) is 6. The number of nitrogens with one attached hydrogen (secondary N) is 2. The zero-order chi connectivity index (χ0) is 23.6. The molecule has 3 aliphatic carbocycles. The third-order valence-corrected chi connectivity index (χ3v) is 7.50. The van der Waals surface area contributed by atoms with Gasteiger partial charge < -0.3 is 20.3 Å². The molecule has 4 heterocycles. The molecule has 3 aliphatic rings. The molecule has 10 heteroatoms. The molecule has 9 nitrogen and oxygen atoms in total. The Kier molecular flexibility index (Phi) is 4.72. The van der Waals surface area contributed by atoms with E-state index in [4.69, 9.17) is 10.1 Å². The van der Waals surface area contributed by atoms with Gasteiger partial charge in [-0.3, -0.25) is 4.79 Å². The smallest absolute Gasteiger partial charge is 0.308 e. The lowest BCUT2D eigenvalue weighted by Crippen LogP contribution is -2.51. The highest BCUT2D eigenvalue weighted by Crippen LogP contribution is 2.46. The highest BCUT2D eigenvalue weighted by Gasteiger charge is 2.47. The van der Waals surface area contributed by atoms with E-state index in [1.54, 1.807) is 10.7 Å². The van der Waals surface area contributed by atoms with Crippen LogP contribution in [0.15, 0.2) is 30.6 Å². The van der Waals surface area contributed by atoms with Crippen LogP contribution < -0.4 is 10.2 Å². The summed E-state index contributed by atoms with van der Waals surface area (Å²) in [5.41, 5.74) is 1.94. The maximum Gasteiger partial charge on any atom is 0.308 e. The number of carboxylic acids is 1. The van der Waals surface area contributed by atoms with Crippen molar-refractivity contribution in [3.05, 3.63) is 36.4 Å². The quantitative estimate of drug-likeness (QED) is 0.413. The first kappa shape index (κ1) is 20.9. The molecule has 4 aromatic heterocycles. The molecule has 0 aliphatic heterocycles. The van der Waals surface area contributed by atoms with E-state index >= 15 is 0 Å². The number of carboxylic acid groups (broad SMARTS) is 1. The molecule has 2 bridgehead atoms. The largest absolute Gasteiger partial charge is 0.481 e. The molecule has 0 amide bonds. The van der Waals surface area contributed by atoms with Gasteiger partial charge in [0.1, 0.15) is 22.8 Å². The van der Waals surface area contributed by atoms with Crippen molar-refractivity contribution >= 4 is 34.2 Å². The number of aromatic amines is 1. The Hall–Kier alpha value is -3.69. The third kappa shape index (κ3) is 3.19. The lowest BCUT2D eigenvalue weighted by atomic mass is 9.61. The zero-order valence-corrected chi connectivity index (χ0v) is 19.0. The molecule has 3 fully saturated rings. The lowest BCUT2D eigenvalue weighted by molar-refractivity contribution is -0.148. The van der Waals surface area contributed by atoms with Crippen molar-refractivity contribution < 1.29 is 14.3 Å². The predicted molar refractivity (Wildman–Crippen MR) is 126 cm³/mol. The fourth-order valence-corrected chi connectivity index (χ4v) is 5.87. The lowest BCUT2D eigenvalue weighted by Gasteiger charge is -2.47. The Morgan fingerprint density at radius 1 is 1.24 bits per heavy atom. The Morgan fingerprint density at radius 3 is 2.74 bits per heavy atom. The van der Waals surface area contributed by atoms with Crippen LogP contribution in [0.4, 0.5) is 16.0 Å². The molecule has 0 saturated heterocycles. The van der Waals surface area contributed by atoms with Crippen LogP contribution in [0.25, 0.3) is 27.9 Å². The number of rotatable bonds is 5. The van der Waals surface area contributed by atoms with Gasteiger partial charge in [0.25, 0.3) is 0 Å². The first-order valence-electron chi connectivity index (χ1n) is 11.6. The summed E-state index contributed by atoms with van der Waals surface area (Å²) in [4.78, 5) is 26.2. The summed E-state index contributed by atoms with van der Waals surface area (Å²) in [6, 6.07) is 5.11. The molecular weight excluding hydrogens is 437 g/mol. The number of pyridine rings is 1. The van der Waals surface area contributed by atoms with Gasteiger partial charge >= 0.3 is 5.97 Å². The number of carbonyl (C=O) groups is 1. The van der Waals surface area contributed by atoms with Crippen molar-refractivity contribution in [1.82, 2.24) is 24.6 Å². The van der Waals surface area contributed by atoms with Crippen LogP contribution in [0.1, 0.15) is 25.7 Å². The average Bonchev–Trinajstić information content (AvgIpc) is 3.43. The second-order valence-corrected chi connectivity index (χ2v) is 9.63. The first-order chi connectivity index (χ1) is 16.4. The van der Waals surface area contributed by atoms with E-state index in [-0.39, 0.29) is 12.0 Å². The first-order valence-corrected chi connectivity index (χ1v) is 11.6. The minimum absolute atomic E-state index is 0.184. The normalized spacial score (nSPS) is 24.1. The molecule has 0 aromatic carbocycles. The molecule has 1 unspecified atom stereocenters. The number of hydrogen-bond donors (Lipinski definition) is 3. The summed E-state index contributed by atoms with van der Waals surface area (Å²) >= 11 is 0. The Labute approximate surface area is 195 Å². The molecule has 34 heavy (non-hydrogen) atoms. The van der Waals surface area contributed by atoms with Crippen LogP contribution in [0, 0.1) is 23.6 Å². The molecule has 3 saturated carbocycles. The molecule has 0 radical (unpaired) electrons. The standard InChI is InChI=1S/C24H26FN7O2/c1-31(2)18-8-7-17-23(28-20-13-5-3-12(4-6-13)19(20)24(33)34)29-22(30-32(17)18)16-11-27-21-15(16)9-14(25)10-26-21/h7-13,19-20H,3-6H2,1-2H3,(H,26,27)(H,33,34)(H,28,29,30)/t12?,13?,19-,20?/m0/s1. The number of aromatic nitrogens is 5. The predicted octanol–water partition coefficient (Wildman–Crippen LogP) is 3.78. The summed E-state index contributed by atoms with van der Waals surface area (Å²) in [5.74, 6) is 0.682. The van der Waals surface area contributed by atoms with E-state index in [0.29, 0.717) is 34.2 Å². The van der Waals surface area contributed by atoms with Gasteiger partial charge in [0.15, 0.2) is 11.6 Å². The fraction of sp³-hybridized carbons (Fsp3) is 0.417. The minimum atomic E-state index is -0.750. The van der Waals surface area contributed by atoms with Gasteiger partial charge in [0.05, 0.1) is 12.1 Å². The van der Waals surface area contributed by atoms with E-state index in [2.05, 4.69) is 15.3 Å². The zero-order valence-electron chi connectivity index (χ0n) is 19.0. The number of aliphatic carboxylic acids is 1. The van der Waals surface area contributed by atoms with E-state index in [9.17, 15) is 14.3 Å². The Morgan fingerprint density at radius 2 is 2.00 bits per heavy atom. The van der Waals surface area contributed by atoms with Gasteiger partial charge in [-0.05, 0) is 55.7 Å². The second kappa shape index (κ2) is 7.68. The van der Waals surface area contributed by atoms with Crippen LogP contribution in [-0.2, 0) is 4.79 Å². The van der Waals surface area contributed by atoms with Gasteiger partial charge in [-0.25, -0.2) is 18.9 Å². The van der Waals surface area contributed by atoms with E-state index < -0.39 is 17.7 Å². The number of anilines is 2. The number of halogens is 1. The van der Waals surface area contributed by atoms with Crippen molar-refractivity contribution in [2.24, 2.45) is 17.8 Å². The third-order valence-electron chi connectivity index (χ3n) is 7.50. The van der Waals surface area contributed by atoms with Crippen molar-refractivity contribution in [2.75, 3.05) is 24.3 Å². The minimum Gasteiger partial charge on any atom is -0.481 e. The molecule has 176 valence electrons.